The summed E-state index contributed by atoms with van der Waals surface area (Å²) in [4.78, 5) is 3.92. The summed E-state index contributed by atoms with van der Waals surface area (Å²) in [5, 5.41) is 3.39. The van der Waals surface area contributed by atoms with Gasteiger partial charge < -0.3 is 5.32 Å². The van der Waals surface area contributed by atoms with Gasteiger partial charge in [0.2, 0.25) is 0 Å². The minimum absolute atomic E-state index is 0.197. The molecule has 0 bridgehead atoms. The normalized spacial score (nSPS) is 13.7. The number of pyridine rings is 1. The zero-order chi connectivity index (χ0) is 12.9. The highest BCUT2D eigenvalue weighted by atomic mass is 19.1. The Morgan fingerprint density at radius 3 is 2.59 bits per heavy atom. The number of hydrogen-bond acceptors (Lipinski definition) is 2. The average molecular weight is 238 g/mol. The lowest BCUT2D eigenvalue weighted by Gasteiger charge is -2.24. The van der Waals surface area contributed by atoms with Crippen molar-refractivity contribution in [1.29, 1.82) is 0 Å². The van der Waals surface area contributed by atoms with Crippen LogP contribution in [-0.4, -0.2) is 11.5 Å². The molecule has 1 aromatic rings. The number of nitrogens with one attached hydrogen (secondary N) is 1. The van der Waals surface area contributed by atoms with E-state index in [2.05, 4.69) is 38.0 Å². The molecule has 1 unspecified atom stereocenters. The molecule has 1 rings (SSSR count). The Hall–Kier alpha value is -0.960. The van der Waals surface area contributed by atoms with E-state index in [1.54, 1.807) is 12.3 Å². The molecule has 0 aliphatic rings. The second-order valence-corrected chi connectivity index (χ2v) is 5.65. The van der Waals surface area contributed by atoms with Crippen LogP contribution >= 0.6 is 0 Å². The lowest BCUT2D eigenvalue weighted by Crippen LogP contribution is -2.22. The topological polar surface area (TPSA) is 24.9 Å². The number of aromatic nitrogens is 1. The molecule has 0 aliphatic heterocycles. The highest BCUT2D eigenvalue weighted by Gasteiger charge is 2.16. The number of nitrogens with zero attached hydrogens (tertiary/aromatic N) is 1. The van der Waals surface area contributed by atoms with Crippen molar-refractivity contribution >= 4 is 0 Å². The lowest BCUT2D eigenvalue weighted by molar-refractivity contribution is 0.333. The maximum absolute atomic E-state index is 13.2. The third-order valence-corrected chi connectivity index (χ3v) is 2.76. The summed E-state index contributed by atoms with van der Waals surface area (Å²) in [6.45, 7) is 9.61. The van der Waals surface area contributed by atoms with Crippen molar-refractivity contribution in [3.05, 3.63) is 29.8 Å². The van der Waals surface area contributed by atoms with E-state index >= 15 is 0 Å². The standard InChI is InChI=1S/C14H23FN2/c1-5-17-13(6-7-14(2,3)4)11-8-12(15)10-16-9-11/h8-10,13,17H,5-7H2,1-4H3. The van der Waals surface area contributed by atoms with E-state index in [1.807, 2.05) is 0 Å². The van der Waals surface area contributed by atoms with Gasteiger partial charge in [-0.3, -0.25) is 4.98 Å². The van der Waals surface area contributed by atoms with E-state index in [9.17, 15) is 4.39 Å². The van der Waals surface area contributed by atoms with Crippen molar-refractivity contribution < 1.29 is 4.39 Å². The third-order valence-electron chi connectivity index (χ3n) is 2.76. The first kappa shape index (κ1) is 14.1. The molecule has 96 valence electrons. The molecule has 0 aliphatic carbocycles. The van der Waals surface area contributed by atoms with Gasteiger partial charge in [-0.2, -0.15) is 0 Å². The van der Waals surface area contributed by atoms with E-state index in [1.165, 1.54) is 6.20 Å². The molecular formula is C14H23FN2. The van der Waals surface area contributed by atoms with Crippen molar-refractivity contribution in [3.8, 4) is 0 Å². The molecule has 0 aromatic carbocycles. The Morgan fingerprint density at radius 2 is 2.06 bits per heavy atom. The van der Waals surface area contributed by atoms with Crippen molar-refractivity contribution in [2.45, 2.75) is 46.6 Å². The van der Waals surface area contributed by atoms with Crippen molar-refractivity contribution in [2.75, 3.05) is 6.54 Å². The van der Waals surface area contributed by atoms with Crippen LogP contribution in [0.25, 0.3) is 0 Å². The predicted octanol–water partition coefficient (Wildman–Crippen LogP) is 3.70. The molecule has 0 fully saturated rings. The largest absolute Gasteiger partial charge is 0.310 e. The van der Waals surface area contributed by atoms with Gasteiger partial charge in [-0.1, -0.05) is 27.7 Å². The quantitative estimate of drug-likeness (QED) is 0.846. The number of rotatable bonds is 5. The molecule has 1 atom stereocenters. The lowest BCUT2D eigenvalue weighted by atomic mass is 9.87. The Bertz CT molecular complexity index is 344. The van der Waals surface area contributed by atoms with Gasteiger partial charge in [0.1, 0.15) is 5.82 Å². The average Bonchev–Trinajstić information content (AvgIpc) is 2.23. The summed E-state index contributed by atoms with van der Waals surface area (Å²) in [5.74, 6) is -0.263. The molecule has 1 heterocycles. The molecule has 3 heteroatoms. The van der Waals surface area contributed by atoms with E-state index in [-0.39, 0.29) is 11.9 Å². The Labute approximate surface area is 104 Å². The summed E-state index contributed by atoms with van der Waals surface area (Å²) in [7, 11) is 0. The molecule has 1 aromatic heterocycles. The summed E-state index contributed by atoms with van der Waals surface area (Å²) >= 11 is 0. The maximum Gasteiger partial charge on any atom is 0.141 e. The van der Waals surface area contributed by atoms with Crippen molar-refractivity contribution in [1.82, 2.24) is 10.3 Å². The van der Waals surface area contributed by atoms with Crippen LogP contribution in [0.5, 0.6) is 0 Å². The second kappa shape index (κ2) is 6.10. The Balaban J connectivity index is 2.71. The van der Waals surface area contributed by atoms with Gasteiger partial charge in [-0.25, -0.2) is 4.39 Å². The summed E-state index contributed by atoms with van der Waals surface area (Å²) in [5.41, 5.74) is 1.24. The minimum Gasteiger partial charge on any atom is -0.310 e. The molecular weight excluding hydrogens is 215 g/mol. The van der Waals surface area contributed by atoms with Crippen molar-refractivity contribution in [3.63, 3.8) is 0 Å². The summed E-state index contributed by atoms with van der Waals surface area (Å²) in [6, 6.07) is 1.77. The zero-order valence-electron chi connectivity index (χ0n) is 11.3. The molecule has 0 saturated carbocycles. The van der Waals surface area contributed by atoms with E-state index in [4.69, 9.17) is 0 Å². The zero-order valence-corrected chi connectivity index (χ0v) is 11.3. The second-order valence-electron chi connectivity index (χ2n) is 5.65. The fourth-order valence-electron chi connectivity index (χ4n) is 1.83. The van der Waals surface area contributed by atoms with Gasteiger partial charge in [0.15, 0.2) is 0 Å². The van der Waals surface area contributed by atoms with Gasteiger partial charge in [-0.15, -0.1) is 0 Å². The van der Waals surface area contributed by atoms with Crippen LogP contribution in [0.1, 0.15) is 52.1 Å². The first-order valence-corrected chi connectivity index (χ1v) is 6.26. The molecule has 17 heavy (non-hydrogen) atoms. The first-order valence-electron chi connectivity index (χ1n) is 6.26. The monoisotopic (exact) mass is 238 g/mol. The number of halogens is 1. The summed E-state index contributed by atoms with van der Waals surface area (Å²) in [6.07, 6.45) is 5.10. The molecule has 0 amide bonds. The predicted molar refractivity (Wildman–Crippen MR) is 69.3 cm³/mol. The highest BCUT2D eigenvalue weighted by Crippen LogP contribution is 2.27. The highest BCUT2D eigenvalue weighted by molar-refractivity contribution is 5.15. The minimum atomic E-state index is -0.263. The van der Waals surface area contributed by atoms with Crippen LogP contribution in [-0.2, 0) is 0 Å². The van der Waals surface area contributed by atoms with Crippen LogP contribution in [0.15, 0.2) is 18.5 Å². The maximum atomic E-state index is 13.2. The number of hydrogen-bond donors (Lipinski definition) is 1. The molecule has 2 nitrogen and oxygen atoms in total. The first-order chi connectivity index (χ1) is 7.92. The third kappa shape index (κ3) is 5.26. The fraction of sp³-hybridized carbons (Fsp3) is 0.643. The molecule has 0 radical (unpaired) electrons. The van der Waals surface area contributed by atoms with E-state index in [0.29, 0.717) is 5.41 Å². The van der Waals surface area contributed by atoms with Crippen LogP contribution in [0.4, 0.5) is 4.39 Å². The SMILES string of the molecule is CCNC(CCC(C)(C)C)c1cncc(F)c1. The van der Waals surface area contributed by atoms with Crippen LogP contribution in [0.2, 0.25) is 0 Å². The van der Waals surface area contributed by atoms with E-state index < -0.39 is 0 Å². The van der Waals surface area contributed by atoms with Crippen LogP contribution < -0.4 is 5.32 Å². The van der Waals surface area contributed by atoms with Crippen molar-refractivity contribution in [2.24, 2.45) is 5.41 Å². The van der Waals surface area contributed by atoms with Crippen LogP contribution in [0, 0.1) is 11.2 Å². The van der Waals surface area contributed by atoms with Gasteiger partial charge in [0, 0.05) is 12.2 Å². The van der Waals surface area contributed by atoms with Gasteiger partial charge in [0.25, 0.3) is 0 Å². The fourth-order valence-corrected chi connectivity index (χ4v) is 1.83. The van der Waals surface area contributed by atoms with Gasteiger partial charge in [-0.05, 0) is 36.4 Å². The van der Waals surface area contributed by atoms with Gasteiger partial charge >= 0.3 is 0 Å². The molecule has 0 saturated heterocycles. The summed E-state index contributed by atoms with van der Waals surface area (Å²) < 4.78 is 13.2. The molecule has 0 spiro atoms. The smallest absolute Gasteiger partial charge is 0.141 e. The Morgan fingerprint density at radius 1 is 1.35 bits per heavy atom. The Kier molecular flexibility index (Phi) is 5.06. The van der Waals surface area contributed by atoms with Gasteiger partial charge in [0.05, 0.1) is 6.20 Å². The van der Waals surface area contributed by atoms with E-state index in [0.717, 1.165) is 24.9 Å². The molecule has 1 N–H and O–H groups in total. The van der Waals surface area contributed by atoms with Crippen LogP contribution in [0.3, 0.4) is 0 Å².